The van der Waals surface area contributed by atoms with E-state index in [1.807, 2.05) is 6.07 Å². The maximum Gasteiger partial charge on any atom is 0.279 e. The Morgan fingerprint density at radius 3 is 2.62 bits per heavy atom. The number of amides is 2. The molecular weight excluding hydrogens is 352 g/mol. The first kappa shape index (κ1) is 18.3. The Bertz CT molecular complexity index is 831. The van der Waals surface area contributed by atoms with Crippen LogP contribution in [0.3, 0.4) is 0 Å². The van der Waals surface area contributed by atoms with E-state index in [2.05, 4.69) is 17.8 Å². The minimum atomic E-state index is -0.468. The predicted molar refractivity (Wildman–Crippen MR) is 100.0 cm³/mol. The summed E-state index contributed by atoms with van der Waals surface area (Å²) in [6.07, 6.45) is 3.18. The van der Waals surface area contributed by atoms with Crippen LogP contribution in [0.1, 0.15) is 43.8 Å². The lowest BCUT2D eigenvalue weighted by Gasteiger charge is -2.16. The summed E-state index contributed by atoms with van der Waals surface area (Å²) >= 11 is 1.50. The molecule has 0 aliphatic heterocycles. The molecule has 2 aromatic rings. The first-order chi connectivity index (χ1) is 12.5. The number of methoxy groups -OCH3 is 2. The molecule has 0 unspecified atom stereocenters. The number of nitrogens with one attached hydrogen (secondary N) is 2. The molecule has 0 fully saturated rings. The predicted octanol–water partition coefficient (Wildman–Crippen LogP) is 2.96. The van der Waals surface area contributed by atoms with Crippen LogP contribution in [0.5, 0.6) is 11.5 Å². The van der Waals surface area contributed by atoms with Crippen LogP contribution in [0.25, 0.3) is 0 Å². The lowest BCUT2D eigenvalue weighted by Crippen LogP contribution is -2.41. The number of hydrazine groups is 1. The number of fused-ring (bicyclic) bond motifs is 1. The summed E-state index contributed by atoms with van der Waals surface area (Å²) in [4.78, 5) is 26.7. The van der Waals surface area contributed by atoms with Crippen molar-refractivity contribution < 1.29 is 19.1 Å². The fourth-order valence-electron chi connectivity index (χ4n) is 3.05. The van der Waals surface area contributed by atoms with E-state index in [1.165, 1.54) is 36.0 Å². The highest BCUT2D eigenvalue weighted by Crippen LogP contribution is 2.32. The maximum atomic E-state index is 12.4. The van der Waals surface area contributed by atoms with Gasteiger partial charge in [-0.25, -0.2) is 0 Å². The quantitative estimate of drug-likeness (QED) is 0.807. The Balaban J connectivity index is 1.67. The smallest absolute Gasteiger partial charge is 0.279 e. The van der Waals surface area contributed by atoms with E-state index in [0.717, 1.165) is 19.3 Å². The average Bonchev–Trinajstić information content (AvgIpc) is 3.08. The van der Waals surface area contributed by atoms with E-state index in [-0.39, 0.29) is 11.5 Å². The van der Waals surface area contributed by atoms with Crippen molar-refractivity contribution in [1.29, 1.82) is 0 Å². The van der Waals surface area contributed by atoms with E-state index in [4.69, 9.17) is 9.47 Å². The van der Waals surface area contributed by atoms with Crippen LogP contribution in [0.4, 0.5) is 0 Å². The second-order valence-electron chi connectivity index (χ2n) is 6.38. The van der Waals surface area contributed by atoms with Gasteiger partial charge in [-0.15, -0.1) is 11.3 Å². The van der Waals surface area contributed by atoms with Crippen molar-refractivity contribution in [2.24, 2.45) is 5.92 Å². The molecule has 3 rings (SSSR count). The Labute approximate surface area is 156 Å². The molecule has 26 heavy (non-hydrogen) atoms. The summed E-state index contributed by atoms with van der Waals surface area (Å²) in [7, 11) is 3.00. The fourth-order valence-corrected chi connectivity index (χ4v) is 4.16. The molecule has 0 spiro atoms. The van der Waals surface area contributed by atoms with Crippen molar-refractivity contribution >= 4 is 23.2 Å². The molecule has 2 amide bonds. The standard InChI is InChI=1S/C19H22N2O4S/c1-11-4-7-16-12(8-11)9-17(26-16)19(23)21-20-18(22)14-10-13(24-2)5-6-15(14)25-3/h5-6,9-11H,4,7-8H2,1-3H3,(H,20,22)(H,21,23)/t11-/m1/s1. The van der Waals surface area contributed by atoms with Crippen LogP contribution in [-0.4, -0.2) is 26.0 Å². The van der Waals surface area contributed by atoms with Gasteiger partial charge >= 0.3 is 0 Å². The van der Waals surface area contributed by atoms with Gasteiger partial charge in [-0.05, 0) is 55.0 Å². The fraction of sp³-hybridized carbons (Fsp3) is 0.368. The minimum absolute atomic E-state index is 0.284. The Kier molecular flexibility index (Phi) is 5.46. The number of thiophene rings is 1. The molecule has 1 aromatic heterocycles. The molecule has 0 radical (unpaired) electrons. The number of hydrogen-bond acceptors (Lipinski definition) is 5. The molecule has 7 heteroatoms. The van der Waals surface area contributed by atoms with E-state index in [9.17, 15) is 9.59 Å². The molecule has 1 heterocycles. The average molecular weight is 374 g/mol. The van der Waals surface area contributed by atoms with Crippen molar-refractivity contribution in [2.75, 3.05) is 14.2 Å². The lowest BCUT2D eigenvalue weighted by molar-refractivity contribution is 0.0847. The van der Waals surface area contributed by atoms with Crippen LogP contribution in [-0.2, 0) is 12.8 Å². The third-order valence-electron chi connectivity index (χ3n) is 4.49. The van der Waals surface area contributed by atoms with Crippen molar-refractivity contribution in [3.63, 3.8) is 0 Å². The number of aryl methyl sites for hydroxylation is 1. The Morgan fingerprint density at radius 2 is 1.88 bits per heavy atom. The molecular formula is C19H22N2O4S. The van der Waals surface area contributed by atoms with Gasteiger partial charge in [0.05, 0.1) is 24.7 Å². The molecule has 0 bridgehead atoms. The summed E-state index contributed by atoms with van der Waals surface area (Å²) in [6.45, 7) is 2.22. The van der Waals surface area contributed by atoms with Gasteiger partial charge in [0.15, 0.2) is 0 Å². The van der Waals surface area contributed by atoms with Crippen LogP contribution in [0, 0.1) is 5.92 Å². The van der Waals surface area contributed by atoms with Crippen molar-refractivity contribution in [2.45, 2.75) is 26.2 Å². The highest BCUT2D eigenvalue weighted by molar-refractivity contribution is 7.14. The summed E-state index contributed by atoms with van der Waals surface area (Å²) in [5.74, 6) is 0.796. The molecule has 0 saturated heterocycles. The summed E-state index contributed by atoms with van der Waals surface area (Å²) in [5, 5.41) is 0. The normalized spacial score (nSPS) is 15.7. The van der Waals surface area contributed by atoms with E-state index in [1.54, 1.807) is 18.2 Å². The maximum absolute atomic E-state index is 12.4. The van der Waals surface area contributed by atoms with Gasteiger partial charge in [0, 0.05) is 4.88 Å². The first-order valence-electron chi connectivity index (χ1n) is 8.46. The zero-order valence-corrected chi connectivity index (χ0v) is 15.9. The van der Waals surface area contributed by atoms with Crippen LogP contribution >= 0.6 is 11.3 Å². The number of rotatable bonds is 4. The molecule has 1 aliphatic rings. The second-order valence-corrected chi connectivity index (χ2v) is 7.52. The second kappa shape index (κ2) is 7.78. The molecule has 138 valence electrons. The number of carbonyl (C=O) groups excluding carboxylic acids is 2. The zero-order chi connectivity index (χ0) is 18.7. The number of hydrogen-bond donors (Lipinski definition) is 2. The summed E-state index contributed by atoms with van der Waals surface area (Å²) in [5.41, 5.74) is 6.46. The number of benzene rings is 1. The molecule has 0 saturated carbocycles. The van der Waals surface area contributed by atoms with Gasteiger partial charge in [-0.3, -0.25) is 20.4 Å². The Hall–Kier alpha value is -2.54. The molecule has 1 aromatic carbocycles. The van der Waals surface area contributed by atoms with Crippen molar-refractivity contribution in [3.05, 3.63) is 45.1 Å². The van der Waals surface area contributed by atoms with Gasteiger partial charge in [0.25, 0.3) is 11.8 Å². The van der Waals surface area contributed by atoms with Crippen LogP contribution in [0.2, 0.25) is 0 Å². The minimum Gasteiger partial charge on any atom is -0.497 e. The van der Waals surface area contributed by atoms with Gasteiger partial charge in [0.1, 0.15) is 11.5 Å². The number of ether oxygens (including phenoxy) is 2. The van der Waals surface area contributed by atoms with Gasteiger partial charge in [0.2, 0.25) is 0 Å². The van der Waals surface area contributed by atoms with Crippen LogP contribution in [0.15, 0.2) is 24.3 Å². The lowest BCUT2D eigenvalue weighted by atomic mass is 9.90. The highest BCUT2D eigenvalue weighted by Gasteiger charge is 2.21. The summed E-state index contributed by atoms with van der Waals surface area (Å²) < 4.78 is 10.3. The highest BCUT2D eigenvalue weighted by atomic mass is 32.1. The molecule has 6 nitrogen and oxygen atoms in total. The Morgan fingerprint density at radius 1 is 1.12 bits per heavy atom. The number of carbonyl (C=O) groups is 2. The van der Waals surface area contributed by atoms with Crippen molar-refractivity contribution in [1.82, 2.24) is 10.9 Å². The molecule has 2 N–H and O–H groups in total. The first-order valence-corrected chi connectivity index (χ1v) is 9.27. The van der Waals surface area contributed by atoms with E-state index in [0.29, 0.717) is 22.3 Å². The SMILES string of the molecule is COc1ccc(OC)c(C(=O)NNC(=O)c2cc3c(s2)CC[C@@H](C)C3)c1. The van der Waals surface area contributed by atoms with Gasteiger partial charge in [-0.1, -0.05) is 6.92 Å². The van der Waals surface area contributed by atoms with Gasteiger partial charge in [-0.2, -0.15) is 0 Å². The third kappa shape index (κ3) is 3.83. The topological polar surface area (TPSA) is 76.7 Å². The van der Waals surface area contributed by atoms with E-state index >= 15 is 0 Å². The van der Waals surface area contributed by atoms with Gasteiger partial charge < -0.3 is 9.47 Å². The third-order valence-corrected chi connectivity index (χ3v) is 5.73. The largest absolute Gasteiger partial charge is 0.497 e. The molecule has 1 atom stereocenters. The molecule has 1 aliphatic carbocycles. The van der Waals surface area contributed by atoms with E-state index < -0.39 is 5.91 Å². The summed E-state index contributed by atoms with van der Waals surface area (Å²) in [6, 6.07) is 6.84. The monoisotopic (exact) mass is 374 g/mol. The van der Waals surface area contributed by atoms with Crippen molar-refractivity contribution in [3.8, 4) is 11.5 Å². The zero-order valence-electron chi connectivity index (χ0n) is 15.0. The van der Waals surface area contributed by atoms with Crippen LogP contribution < -0.4 is 20.3 Å².